The molecule has 3 aromatic rings. The molecule has 0 spiro atoms. The van der Waals surface area contributed by atoms with Gasteiger partial charge in [0.15, 0.2) is 0 Å². The van der Waals surface area contributed by atoms with Gasteiger partial charge in [-0.25, -0.2) is 4.98 Å². The van der Waals surface area contributed by atoms with E-state index in [-0.39, 0.29) is 0 Å². The average molecular weight is 317 g/mol. The zero-order chi connectivity index (χ0) is 13.4. The van der Waals surface area contributed by atoms with E-state index >= 15 is 0 Å². The fraction of sp³-hybridized carbons (Fsp3) is 0.143. The number of benzene rings is 1. The first-order valence-corrected chi connectivity index (χ1v) is 6.76. The van der Waals surface area contributed by atoms with Crippen LogP contribution in [0.15, 0.2) is 41.1 Å². The standard InChI is InChI=1S/C14H13BrN4/c1-9-7-18-14(16)19(9)8-10-4-5-12(15)11-3-2-6-17-13(10)11/h2-7H,8H2,1H3,(H2,16,18). The average Bonchev–Trinajstić information content (AvgIpc) is 2.74. The normalized spacial score (nSPS) is 11.1. The van der Waals surface area contributed by atoms with Gasteiger partial charge in [-0.2, -0.15) is 0 Å². The van der Waals surface area contributed by atoms with Gasteiger partial charge in [0.2, 0.25) is 5.95 Å². The second kappa shape index (κ2) is 4.66. The molecule has 0 aliphatic carbocycles. The zero-order valence-corrected chi connectivity index (χ0v) is 12.1. The monoisotopic (exact) mass is 316 g/mol. The Morgan fingerprint density at radius 1 is 1.26 bits per heavy atom. The van der Waals surface area contributed by atoms with Crippen molar-refractivity contribution in [2.45, 2.75) is 13.5 Å². The highest BCUT2D eigenvalue weighted by Crippen LogP contribution is 2.26. The van der Waals surface area contributed by atoms with Crippen LogP contribution < -0.4 is 5.73 Å². The van der Waals surface area contributed by atoms with E-state index in [2.05, 4.69) is 38.0 Å². The lowest BCUT2D eigenvalue weighted by Crippen LogP contribution is -2.07. The van der Waals surface area contributed by atoms with Crippen molar-refractivity contribution in [1.82, 2.24) is 14.5 Å². The Kier molecular flexibility index (Phi) is 2.98. The van der Waals surface area contributed by atoms with E-state index in [9.17, 15) is 0 Å². The molecule has 3 rings (SSSR count). The van der Waals surface area contributed by atoms with Crippen LogP contribution in [0.3, 0.4) is 0 Å². The number of anilines is 1. The maximum atomic E-state index is 5.89. The first kappa shape index (κ1) is 12.2. The van der Waals surface area contributed by atoms with Gasteiger partial charge in [0, 0.05) is 21.7 Å². The van der Waals surface area contributed by atoms with Crippen LogP contribution in [-0.4, -0.2) is 14.5 Å². The van der Waals surface area contributed by atoms with Crippen LogP contribution >= 0.6 is 15.9 Å². The van der Waals surface area contributed by atoms with Gasteiger partial charge in [0.1, 0.15) is 0 Å². The number of rotatable bonds is 2. The maximum absolute atomic E-state index is 5.89. The van der Waals surface area contributed by atoms with Gasteiger partial charge in [0.05, 0.1) is 18.3 Å². The van der Waals surface area contributed by atoms with Crippen LogP contribution in [0.5, 0.6) is 0 Å². The lowest BCUT2D eigenvalue weighted by atomic mass is 10.1. The minimum absolute atomic E-state index is 0.532. The molecule has 2 aromatic heterocycles. The fourth-order valence-corrected chi connectivity index (χ4v) is 2.63. The number of hydrogen-bond acceptors (Lipinski definition) is 3. The molecule has 96 valence electrons. The van der Waals surface area contributed by atoms with Gasteiger partial charge in [-0.1, -0.05) is 28.1 Å². The third-order valence-corrected chi connectivity index (χ3v) is 3.91. The highest BCUT2D eigenvalue weighted by atomic mass is 79.9. The van der Waals surface area contributed by atoms with Crippen molar-refractivity contribution in [1.29, 1.82) is 0 Å². The number of aromatic nitrogens is 3. The Hall–Kier alpha value is -1.88. The Bertz CT molecular complexity index is 729. The van der Waals surface area contributed by atoms with Gasteiger partial charge in [0.25, 0.3) is 0 Å². The molecule has 2 heterocycles. The number of hydrogen-bond donors (Lipinski definition) is 1. The predicted molar refractivity (Wildman–Crippen MR) is 79.9 cm³/mol. The van der Waals surface area contributed by atoms with Crippen molar-refractivity contribution < 1.29 is 0 Å². The summed E-state index contributed by atoms with van der Waals surface area (Å²) in [6.45, 7) is 2.68. The van der Waals surface area contributed by atoms with Crippen molar-refractivity contribution in [3.05, 3.63) is 52.4 Å². The lowest BCUT2D eigenvalue weighted by Gasteiger charge is -2.10. The Labute approximate surface area is 119 Å². The van der Waals surface area contributed by atoms with Crippen LogP contribution in [0.4, 0.5) is 5.95 Å². The van der Waals surface area contributed by atoms with Crippen LogP contribution in [0.25, 0.3) is 10.9 Å². The summed E-state index contributed by atoms with van der Waals surface area (Å²) in [5.74, 6) is 0.532. The van der Waals surface area contributed by atoms with Crippen molar-refractivity contribution in [2.75, 3.05) is 5.73 Å². The summed E-state index contributed by atoms with van der Waals surface area (Å²) in [4.78, 5) is 8.60. The second-order valence-electron chi connectivity index (χ2n) is 4.45. The lowest BCUT2D eigenvalue weighted by molar-refractivity contribution is 0.786. The quantitative estimate of drug-likeness (QED) is 0.790. The summed E-state index contributed by atoms with van der Waals surface area (Å²) >= 11 is 3.55. The fourth-order valence-electron chi connectivity index (χ4n) is 2.18. The van der Waals surface area contributed by atoms with Gasteiger partial charge >= 0.3 is 0 Å². The molecule has 0 aliphatic rings. The molecule has 0 bridgehead atoms. The SMILES string of the molecule is Cc1cnc(N)n1Cc1ccc(Br)c2cccnc12. The molecule has 5 heteroatoms. The molecule has 0 aliphatic heterocycles. The minimum atomic E-state index is 0.532. The number of pyridine rings is 1. The van der Waals surface area contributed by atoms with Gasteiger partial charge in [-0.3, -0.25) is 4.98 Å². The Morgan fingerprint density at radius 2 is 2.11 bits per heavy atom. The predicted octanol–water partition coefficient (Wildman–Crippen LogP) is 3.13. The van der Waals surface area contributed by atoms with E-state index in [4.69, 9.17) is 5.73 Å². The second-order valence-corrected chi connectivity index (χ2v) is 5.30. The first-order valence-electron chi connectivity index (χ1n) is 5.96. The van der Waals surface area contributed by atoms with Gasteiger partial charge in [-0.05, 0) is 24.6 Å². The third-order valence-electron chi connectivity index (χ3n) is 3.21. The summed E-state index contributed by atoms with van der Waals surface area (Å²) in [5, 5.41) is 1.11. The van der Waals surface area contributed by atoms with E-state index < -0.39 is 0 Å². The molecule has 0 saturated heterocycles. The molecule has 0 atom stereocenters. The molecule has 0 amide bonds. The van der Waals surface area contributed by atoms with E-state index in [0.717, 1.165) is 26.6 Å². The zero-order valence-electron chi connectivity index (χ0n) is 10.5. The topological polar surface area (TPSA) is 56.7 Å². The summed E-state index contributed by atoms with van der Waals surface area (Å²) < 4.78 is 3.03. The number of nitrogen functional groups attached to an aromatic ring is 1. The Balaban J connectivity index is 2.14. The summed E-state index contributed by atoms with van der Waals surface area (Å²) in [7, 11) is 0. The molecule has 0 saturated carbocycles. The molecule has 0 unspecified atom stereocenters. The third kappa shape index (κ3) is 2.10. The summed E-state index contributed by atoms with van der Waals surface area (Å²) in [6.07, 6.45) is 3.59. The molecule has 0 fully saturated rings. The molecule has 2 N–H and O–H groups in total. The first-order chi connectivity index (χ1) is 9.16. The van der Waals surface area contributed by atoms with Crippen LogP contribution in [0.1, 0.15) is 11.3 Å². The van der Waals surface area contributed by atoms with Gasteiger partial charge in [-0.15, -0.1) is 0 Å². The smallest absolute Gasteiger partial charge is 0.200 e. The molecular weight excluding hydrogens is 304 g/mol. The van der Waals surface area contributed by atoms with Crippen molar-refractivity contribution in [3.8, 4) is 0 Å². The summed E-state index contributed by atoms with van der Waals surface area (Å²) in [5.41, 5.74) is 9.05. The molecule has 19 heavy (non-hydrogen) atoms. The number of nitrogens with zero attached hydrogens (tertiary/aromatic N) is 3. The van der Waals surface area contributed by atoms with Crippen molar-refractivity contribution >= 4 is 32.8 Å². The van der Waals surface area contributed by atoms with Gasteiger partial charge < -0.3 is 10.3 Å². The molecule has 0 radical (unpaired) electrons. The molecule has 4 nitrogen and oxygen atoms in total. The van der Waals surface area contributed by atoms with Crippen molar-refractivity contribution in [2.24, 2.45) is 0 Å². The highest BCUT2D eigenvalue weighted by Gasteiger charge is 2.09. The largest absolute Gasteiger partial charge is 0.369 e. The number of fused-ring (bicyclic) bond motifs is 1. The Morgan fingerprint density at radius 3 is 2.84 bits per heavy atom. The van der Waals surface area contributed by atoms with E-state index in [1.807, 2.05) is 29.8 Å². The molecular formula is C14H13BrN4. The van der Waals surface area contributed by atoms with Crippen LogP contribution in [0, 0.1) is 6.92 Å². The number of imidazole rings is 1. The minimum Gasteiger partial charge on any atom is -0.369 e. The van der Waals surface area contributed by atoms with Crippen molar-refractivity contribution in [3.63, 3.8) is 0 Å². The number of aryl methyl sites for hydroxylation is 1. The van der Waals surface area contributed by atoms with Crippen LogP contribution in [0.2, 0.25) is 0 Å². The van der Waals surface area contributed by atoms with Crippen LogP contribution in [-0.2, 0) is 6.54 Å². The maximum Gasteiger partial charge on any atom is 0.200 e. The number of nitrogens with two attached hydrogens (primary N) is 1. The number of halogens is 1. The van der Waals surface area contributed by atoms with E-state index in [0.29, 0.717) is 12.5 Å². The molecule has 1 aromatic carbocycles. The van der Waals surface area contributed by atoms with E-state index in [1.165, 1.54) is 0 Å². The van der Waals surface area contributed by atoms with E-state index in [1.54, 1.807) is 6.20 Å². The summed E-state index contributed by atoms with van der Waals surface area (Å²) in [6, 6.07) is 8.10. The highest BCUT2D eigenvalue weighted by molar-refractivity contribution is 9.10.